The van der Waals surface area contributed by atoms with Gasteiger partial charge in [0.1, 0.15) is 11.4 Å². The van der Waals surface area contributed by atoms with E-state index in [-0.39, 0.29) is 17.6 Å². The van der Waals surface area contributed by atoms with Crippen LogP contribution in [0.5, 0.6) is 5.75 Å². The molecule has 9 heteroatoms. The van der Waals surface area contributed by atoms with Crippen molar-refractivity contribution >= 4 is 17.2 Å². The van der Waals surface area contributed by atoms with E-state index < -0.39 is 0 Å². The van der Waals surface area contributed by atoms with Gasteiger partial charge in [0.05, 0.1) is 29.8 Å². The molecule has 1 aromatic carbocycles. The van der Waals surface area contributed by atoms with Crippen molar-refractivity contribution in [1.82, 2.24) is 20.1 Å². The molecule has 0 bridgehead atoms. The van der Waals surface area contributed by atoms with Crippen molar-refractivity contribution in [1.29, 1.82) is 0 Å². The number of pyridine rings is 1. The SMILES string of the molecule is C[C@H]1CCN(c2cc(-c3ccccc3O)nnc2N)CCN1c1cc(C#CCN2CCCCC2)ncc1F. The number of piperidine rings is 1. The Hall–Kier alpha value is -3.90. The van der Waals surface area contributed by atoms with Crippen LogP contribution in [-0.4, -0.2) is 70.5 Å². The number of aromatic hydroxyl groups is 1. The maximum Gasteiger partial charge on any atom is 0.169 e. The molecular weight excluding hydrogens is 481 g/mol. The molecule has 8 nitrogen and oxygen atoms in total. The van der Waals surface area contributed by atoms with E-state index in [9.17, 15) is 9.50 Å². The third kappa shape index (κ3) is 5.81. The summed E-state index contributed by atoms with van der Waals surface area (Å²) in [7, 11) is 0. The Bertz CT molecular complexity index is 1330. The molecular formula is C29H34FN7O. The smallest absolute Gasteiger partial charge is 0.169 e. The van der Waals surface area contributed by atoms with Crippen LogP contribution in [0.25, 0.3) is 11.3 Å². The molecule has 1 atom stereocenters. The number of anilines is 3. The second kappa shape index (κ2) is 11.7. The minimum Gasteiger partial charge on any atom is -0.507 e. The highest BCUT2D eigenvalue weighted by atomic mass is 19.1. The van der Waals surface area contributed by atoms with Gasteiger partial charge in [0.25, 0.3) is 0 Å². The van der Waals surface area contributed by atoms with Crippen LogP contribution in [0.4, 0.5) is 21.6 Å². The van der Waals surface area contributed by atoms with Crippen molar-refractivity contribution in [2.45, 2.75) is 38.6 Å². The summed E-state index contributed by atoms with van der Waals surface area (Å²) in [5.74, 6) is 6.47. The third-order valence-corrected chi connectivity index (χ3v) is 7.39. The predicted octanol–water partition coefficient (Wildman–Crippen LogP) is 3.91. The fourth-order valence-electron chi connectivity index (χ4n) is 5.20. The normalized spacial score (nSPS) is 18.5. The van der Waals surface area contributed by atoms with Crippen LogP contribution >= 0.6 is 0 Å². The van der Waals surface area contributed by atoms with Crippen LogP contribution in [0.3, 0.4) is 0 Å². The number of rotatable bonds is 4. The molecule has 198 valence electrons. The molecule has 4 heterocycles. The number of hydrogen-bond acceptors (Lipinski definition) is 8. The first kappa shape index (κ1) is 25.7. The lowest BCUT2D eigenvalue weighted by atomic mass is 10.1. The monoisotopic (exact) mass is 515 g/mol. The number of nitrogens with zero attached hydrogens (tertiary/aromatic N) is 6. The Morgan fingerprint density at radius 1 is 1.03 bits per heavy atom. The van der Waals surface area contributed by atoms with E-state index in [0.29, 0.717) is 48.1 Å². The van der Waals surface area contributed by atoms with Crippen molar-refractivity contribution in [2.75, 3.05) is 54.8 Å². The predicted molar refractivity (Wildman–Crippen MR) is 149 cm³/mol. The minimum atomic E-state index is -0.348. The molecule has 2 fully saturated rings. The van der Waals surface area contributed by atoms with Crippen molar-refractivity contribution in [2.24, 2.45) is 0 Å². The van der Waals surface area contributed by atoms with E-state index in [0.717, 1.165) is 31.7 Å². The molecule has 0 radical (unpaired) electrons. The molecule has 0 amide bonds. The van der Waals surface area contributed by atoms with Crippen molar-refractivity contribution in [3.63, 3.8) is 0 Å². The third-order valence-electron chi connectivity index (χ3n) is 7.39. The fraction of sp³-hybridized carbons (Fsp3) is 0.414. The van der Waals surface area contributed by atoms with E-state index in [2.05, 4.69) is 48.6 Å². The van der Waals surface area contributed by atoms with Gasteiger partial charge in [-0.15, -0.1) is 10.2 Å². The first-order valence-electron chi connectivity index (χ1n) is 13.3. The van der Waals surface area contributed by atoms with E-state index in [4.69, 9.17) is 5.73 Å². The number of nitrogen functional groups attached to an aromatic ring is 1. The van der Waals surface area contributed by atoms with Gasteiger partial charge in [-0.3, -0.25) is 4.90 Å². The van der Waals surface area contributed by atoms with Gasteiger partial charge in [0.2, 0.25) is 0 Å². The number of benzene rings is 1. The number of likely N-dealkylation sites (tertiary alicyclic amines) is 1. The quantitative estimate of drug-likeness (QED) is 0.505. The largest absolute Gasteiger partial charge is 0.507 e. The summed E-state index contributed by atoms with van der Waals surface area (Å²) in [6.07, 6.45) is 5.81. The molecule has 2 saturated heterocycles. The molecule has 2 aromatic heterocycles. The maximum atomic E-state index is 15.0. The number of nitrogens with two attached hydrogens (primary N) is 1. The average Bonchev–Trinajstić information content (AvgIpc) is 3.12. The summed E-state index contributed by atoms with van der Waals surface area (Å²) >= 11 is 0. The molecule has 2 aliphatic rings. The lowest BCUT2D eigenvalue weighted by Crippen LogP contribution is -2.35. The van der Waals surface area contributed by atoms with Crippen LogP contribution in [0.15, 0.2) is 42.6 Å². The van der Waals surface area contributed by atoms with Gasteiger partial charge >= 0.3 is 0 Å². The average molecular weight is 516 g/mol. The molecule has 2 aliphatic heterocycles. The molecule has 0 unspecified atom stereocenters. The Morgan fingerprint density at radius 3 is 2.66 bits per heavy atom. The second-order valence-electron chi connectivity index (χ2n) is 9.99. The second-order valence-corrected chi connectivity index (χ2v) is 9.99. The standard InChI is InChI=1S/C29H34FN7O/c1-21-11-15-36(27-19-25(33-34-29(27)31)23-9-3-4-10-28(23)38)16-17-37(21)26-18-22(32-20-24(26)30)8-7-14-35-12-5-2-6-13-35/h3-4,9-10,18-21,38H,2,5-6,11-17H2,1H3,(H2,31,34)/t21-/m0/s1. The molecule has 3 aromatic rings. The number of hydrogen-bond donors (Lipinski definition) is 2. The van der Waals surface area contributed by atoms with Crippen LogP contribution in [-0.2, 0) is 0 Å². The first-order valence-corrected chi connectivity index (χ1v) is 13.3. The lowest BCUT2D eigenvalue weighted by molar-refractivity contribution is 0.255. The summed E-state index contributed by atoms with van der Waals surface area (Å²) in [6, 6.07) is 10.7. The molecule has 0 aliphatic carbocycles. The van der Waals surface area contributed by atoms with Gasteiger partial charge in [-0.1, -0.05) is 24.5 Å². The number of para-hydroxylation sites is 1. The topological polar surface area (TPSA) is 94.6 Å². The van der Waals surface area contributed by atoms with E-state index >= 15 is 0 Å². The van der Waals surface area contributed by atoms with Gasteiger partial charge in [-0.05, 0) is 69.5 Å². The molecule has 38 heavy (non-hydrogen) atoms. The van der Waals surface area contributed by atoms with E-state index in [1.807, 2.05) is 12.1 Å². The van der Waals surface area contributed by atoms with Gasteiger partial charge in [0.15, 0.2) is 11.6 Å². The van der Waals surface area contributed by atoms with Gasteiger partial charge in [-0.25, -0.2) is 9.37 Å². The van der Waals surface area contributed by atoms with Crippen molar-refractivity contribution in [3.05, 3.63) is 54.1 Å². The number of halogens is 1. The summed E-state index contributed by atoms with van der Waals surface area (Å²) < 4.78 is 15.0. The van der Waals surface area contributed by atoms with Crippen molar-refractivity contribution in [3.8, 4) is 28.8 Å². The zero-order chi connectivity index (χ0) is 26.5. The zero-order valence-electron chi connectivity index (χ0n) is 21.8. The molecule has 3 N–H and O–H groups in total. The van der Waals surface area contributed by atoms with E-state index in [1.54, 1.807) is 24.3 Å². The van der Waals surface area contributed by atoms with Gasteiger partial charge < -0.3 is 20.6 Å². The maximum absolute atomic E-state index is 15.0. The Kier molecular flexibility index (Phi) is 7.89. The van der Waals surface area contributed by atoms with Crippen LogP contribution in [0.1, 0.15) is 38.3 Å². The van der Waals surface area contributed by atoms with Crippen LogP contribution in [0, 0.1) is 17.7 Å². The Labute approximate surface area is 223 Å². The molecule has 0 saturated carbocycles. The number of phenols is 1. The highest BCUT2D eigenvalue weighted by molar-refractivity contribution is 5.74. The van der Waals surface area contributed by atoms with Crippen molar-refractivity contribution < 1.29 is 9.50 Å². The minimum absolute atomic E-state index is 0.0970. The number of aromatic nitrogens is 3. The summed E-state index contributed by atoms with van der Waals surface area (Å²) in [6.45, 7) is 6.94. The lowest BCUT2D eigenvalue weighted by Gasteiger charge is -2.29. The van der Waals surface area contributed by atoms with Crippen LogP contribution < -0.4 is 15.5 Å². The number of phenolic OH excluding ortho intramolecular Hbond substituents is 1. The summed E-state index contributed by atoms with van der Waals surface area (Å²) in [5.41, 5.74) is 9.24. The molecule has 5 rings (SSSR count). The van der Waals surface area contributed by atoms with Crippen LogP contribution in [0.2, 0.25) is 0 Å². The summed E-state index contributed by atoms with van der Waals surface area (Å²) in [4.78, 5) is 10.8. The molecule has 0 spiro atoms. The van der Waals surface area contributed by atoms with Gasteiger partial charge in [0, 0.05) is 31.2 Å². The van der Waals surface area contributed by atoms with E-state index in [1.165, 1.54) is 25.5 Å². The summed E-state index contributed by atoms with van der Waals surface area (Å²) in [5, 5.41) is 18.6. The Balaban J connectivity index is 1.33. The highest BCUT2D eigenvalue weighted by Crippen LogP contribution is 2.33. The zero-order valence-corrected chi connectivity index (χ0v) is 21.8. The Morgan fingerprint density at radius 2 is 1.84 bits per heavy atom. The van der Waals surface area contributed by atoms with Gasteiger partial charge in [-0.2, -0.15) is 0 Å². The fourth-order valence-corrected chi connectivity index (χ4v) is 5.20. The highest BCUT2D eigenvalue weighted by Gasteiger charge is 2.25. The first-order chi connectivity index (χ1) is 18.5.